The van der Waals surface area contributed by atoms with Gasteiger partial charge in [-0.25, -0.2) is 0 Å². The molecule has 65 valence electrons. The van der Waals surface area contributed by atoms with Gasteiger partial charge in [0.2, 0.25) is 0 Å². The Kier molecular flexibility index (Phi) is 10.1. The van der Waals surface area contributed by atoms with Crippen LogP contribution >= 0.6 is 0 Å². The third kappa shape index (κ3) is 11.0. The first kappa shape index (κ1) is 14.5. The zero-order chi connectivity index (χ0) is 8.15. The minimum atomic E-state index is -0.333. The second-order valence-corrected chi connectivity index (χ2v) is 2.80. The van der Waals surface area contributed by atoms with Crippen molar-refractivity contribution in [2.75, 3.05) is 0 Å². The molecular formula is C8H17O2Y-. The van der Waals surface area contributed by atoms with E-state index in [9.17, 15) is 0 Å². The summed E-state index contributed by atoms with van der Waals surface area (Å²) in [7, 11) is 0. The van der Waals surface area contributed by atoms with E-state index < -0.39 is 0 Å². The van der Waals surface area contributed by atoms with Gasteiger partial charge in [-0.15, -0.1) is 0 Å². The first-order chi connectivity index (χ1) is 4.52. The fraction of sp³-hybridized carbons (Fsp3) is 0.875. The van der Waals surface area contributed by atoms with Crippen LogP contribution in [0.15, 0.2) is 0 Å². The van der Waals surface area contributed by atoms with Crippen LogP contribution in [0.5, 0.6) is 0 Å². The van der Waals surface area contributed by atoms with Crippen molar-refractivity contribution in [3.63, 3.8) is 0 Å². The van der Waals surface area contributed by atoms with E-state index >= 15 is 0 Å². The van der Waals surface area contributed by atoms with Crippen LogP contribution in [0.25, 0.3) is 0 Å². The van der Waals surface area contributed by atoms with Crippen LogP contribution in [-0.2, 0) is 42.2 Å². The van der Waals surface area contributed by atoms with Gasteiger partial charge in [-0.1, -0.05) is 0 Å². The summed E-state index contributed by atoms with van der Waals surface area (Å²) in [5.74, 6) is 0. The van der Waals surface area contributed by atoms with Crippen molar-refractivity contribution in [3.05, 3.63) is 6.92 Å². The molecule has 0 aliphatic carbocycles. The molecule has 0 amide bonds. The van der Waals surface area contributed by atoms with Gasteiger partial charge < -0.3 is 9.47 Å². The Morgan fingerprint density at radius 2 is 1.18 bits per heavy atom. The molecule has 0 aromatic heterocycles. The summed E-state index contributed by atoms with van der Waals surface area (Å²) in [4.78, 5) is 0. The Morgan fingerprint density at radius 3 is 1.36 bits per heavy atom. The molecule has 0 saturated carbocycles. The van der Waals surface area contributed by atoms with Gasteiger partial charge in [0.15, 0.2) is 0 Å². The van der Waals surface area contributed by atoms with E-state index in [4.69, 9.17) is 9.47 Å². The first-order valence-electron chi connectivity index (χ1n) is 3.66. The molecule has 0 aromatic rings. The molecule has 1 radical (unpaired) electrons. The van der Waals surface area contributed by atoms with Gasteiger partial charge in [-0.05, 0) is 27.7 Å². The minimum Gasteiger partial charge on any atom is -0.381 e. The maximum atomic E-state index is 5.23. The summed E-state index contributed by atoms with van der Waals surface area (Å²) in [5, 5.41) is 0. The van der Waals surface area contributed by atoms with Crippen molar-refractivity contribution in [2.45, 2.75) is 46.2 Å². The van der Waals surface area contributed by atoms with Crippen LogP contribution in [-0.4, -0.2) is 18.5 Å². The van der Waals surface area contributed by atoms with E-state index in [1.807, 2.05) is 27.7 Å². The Balaban J connectivity index is 0. The van der Waals surface area contributed by atoms with Crippen LogP contribution in [0.2, 0.25) is 0 Å². The quantitative estimate of drug-likeness (QED) is 0.547. The summed E-state index contributed by atoms with van der Waals surface area (Å²) in [6.45, 7) is 11.5. The zero-order valence-electron chi connectivity index (χ0n) is 7.83. The van der Waals surface area contributed by atoms with Gasteiger partial charge in [-0.2, -0.15) is 0 Å². The maximum absolute atomic E-state index is 5.23. The molecule has 2 nitrogen and oxygen atoms in total. The predicted octanol–water partition coefficient (Wildman–Crippen LogP) is 1.99. The summed E-state index contributed by atoms with van der Waals surface area (Å²) >= 11 is 0. The Labute approximate surface area is 94.9 Å². The van der Waals surface area contributed by atoms with Crippen molar-refractivity contribution in [2.24, 2.45) is 0 Å². The summed E-state index contributed by atoms with van der Waals surface area (Å²) in [6.07, 6.45) is 0.0301. The van der Waals surface area contributed by atoms with Crippen LogP contribution in [0.3, 0.4) is 0 Å². The van der Waals surface area contributed by atoms with Gasteiger partial charge in [0, 0.05) is 39.0 Å². The third-order valence-electron chi connectivity index (χ3n) is 0.848. The molecule has 0 spiro atoms. The number of ether oxygens (including phenoxy) is 2. The molecule has 0 aliphatic rings. The van der Waals surface area contributed by atoms with Crippen molar-refractivity contribution >= 4 is 0 Å². The van der Waals surface area contributed by atoms with Gasteiger partial charge in [0.25, 0.3) is 0 Å². The molecule has 0 saturated heterocycles. The molecule has 0 rings (SSSR count). The van der Waals surface area contributed by atoms with Crippen molar-refractivity contribution in [3.8, 4) is 0 Å². The molecule has 3 heteroatoms. The predicted molar refractivity (Wildman–Crippen MR) is 41.6 cm³/mol. The standard InChI is InChI=1S/C8H17O2.Y/c1-6(2)9-8(5)10-7(3)4;/h6-8H,5H2,1-4H3;/q-1;. The average molecular weight is 234 g/mol. The van der Waals surface area contributed by atoms with Crippen LogP contribution in [0.1, 0.15) is 27.7 Å². The molecular weight excluding hydrogens is 217 g/mol. The number of hydrogen-bond acceptors (Lipinski definition) is 2. The Hall–Kier alpha value is 1.02. The molecule has 0 heterocycles. The molecule has 0 fully saturated rings. The molecule has 0 aromatic carbocycles. The molecule has 0 atom stereocenters. The van der Waals surface area contributed by atoms with Gasteiger partial charge in [0.1, 0.15) is 0 Å². The Bertz CT molecular complexity index is 74.2. The first-order valence-corrected chi connectivity index (χ1v) is 3.66. The molecule has 0 N–H and O–H groups in total. The minimum absolute atomic E-state index is 0. The van der Waals surface area contributed by atoms with Gasteiger partial charge >= 0.3 is 0 Å². The molecule has 11 heavy (non-hydrogen) atoms. The third-order valence-corrected chi connectivity index (χ3v) is 0.848. The maximum Gasteiger partial charge on any atom is 0.0516 e. The summed E-state index contributed by atoms with van der Waals surface area (Å²) in [6, 6.07) is 0. The molecule has 0 aliphatic heterocycles. The average Bonchev–Trinajstić information content (AvgIpc) is 1.58. The van der Waals surface area contributed by atoms with E-state index in [0.29, 0.717) is 0 Å². The van der Waals surface area contributed by atoms with Crippen molar-refractivity contribution in [1.82, 2.24) is 0 Å². The van der Waals surface area contributed by atoms with E-state index in [0.717, 1.165) is 0 Å². The van der Waals surface area contributed by atoms with Crippen LogP contribution < -0.4 is 0 Å². The smallest absolute Gasteiger partial charge is 0.0516 e. The largest absolute Gasteiger partial charge is 0.381 e. The number of hydrogen-bond donors (Lipinski definition) is 0. The summed E-state index contributed by atoms with van der Waals surface area (Å²) in [5.41, 5.74) is 0. The fourth-order valence-corrected chi connectivity index (χ4v) is 0.639. The van der Waals surface area contributed by atoms with Crippen LogP contribution in [0, 0.1) is 6.92 Å². The van der Waals surface area contributed by atoms with Crippen LogP contribution in [0.4, 0.5) is 0 Å². The zero-order valence-corrected chi connectivity index (χ0v) is 10.7. The van der Waals surface area contributed by atoms with Crippen molar-refractivity contribution in [1.29, 1.82) is 0 Å². The van der Waals surface area contributed by atoms with Gasteiger partial charge in [-0.3, -0.25) is 6.92 Å². The Morgan fingerprint density at radius 1 is 0.909 bits per heavy atom. The molecule has 0 bridgehead atoms. The number of rotatable bonds is 4. The SMILES string of the molecule is [CH2-]C(OC(C)C)OC(C)C.[Y]. The van der Waals surface area contributed by atoms with Crippen molar-refractivity contribution < 1.29 is 42.2 Å². The fourth-order valence-electron chi connectivity index (χ4n) is 0.639. The van der Waals surface area contributed by atoms with E-state index in [-0.39, 0.29) is 51.2 Å². The van der Waals surface area contributed by atoms with E-state index in [1.54, 1.807) is 0 Å². The monoisotopic (exact) mass is 234 g/mol. The topological polar surface area (TPSA) is 18.5 Å². The molecule has 0 unspecified atom stereocenters. The van der Waals surface area contributed by atoms with E-state index in [2.05, 4.69) is 6.92 Å². The normalized spacial score (nSPS) is 10.9. The van der Waals surface area contributed by atoms with Gasteiger partial charge in [0.05, 0.1) is 12.2 Å². The summed E-state index contributed by atoms with van der Waals surface area (Å²) < 4.78 is 10.5. The second-order valence-electron chi connectivity index (χ2n) is 2.80. The second kappa shape index (κ2) is 7.66. The van der Waals surface area contributed by atoms with E-state index in [1.165, 1.54) is 0 Å².